The number of ketones is 2. The maximum atomic E-state index is 11.2. The average molecular weight is 244 g/mol. The monoisotopic (exact) mass is 244 g/mol. The Morgan fingerprint density at radius 2 is 1.53 bits per heavy atom. The fourth-order valence-electron chi connectivity index (χ4n) is 1.03. The van der Waals surface area contributed by atoms with Gasteiger partial charge in [-0.25, -0.2) is 0 Å². The number of methoxy groups -OCH3 is 1. The van der Waals surface area contributed by atoms with Crippen LogP contribution < -0.4 is 0 Å². The normalized spacial score (nSPS) is 9.53. The van der Waals surface area contributed by atoms with Crippen molar-refractivity contribution in [3.8, 4) is 0 Å². The van der Waals surface area contributed by atoms with E-state index >= 15 is 0 Å². The summed E-state index contributed by atoms with van der Waals surface area (Å²) in [4.78, 5) is 43.5. The summed E-state index contributed by atoms with van der Waals surface area (Å²) in [7, 11) is 1.19. The molecule has 0 aromatic rings. The SMILES string of the molecule is COC(=O)CC(=O)CCC(=O)CCOC(C)=O. The van der Waals surface area contributed by atoms with E-state index in [1.807, 2.05) is 0 Å². The zero-order valence-electron chi connectivity index (χ0n) is 9.99. The highest BCUT2D eigenvalue weighted by molar-refractivity contribution is 5.97. The highest BCUT2D eigenvalue weighted by Crippen LogP contribution is 2.00. The summed E-state index contributed by atoms with van der Waals surface area (Å²) in [5, 5.41) is 0. The van der Waals surface area contributed by atoms with Crippen LogP contribution in [0.15, 0.2) is 0 Å². The topological polar surface area (TPSA) is 86.7 Å². The summed E-state index contributed by atoms with van der Waals surface area (Å²) in [6, 6.07) is 0. The van der Waals surface area contributed by atoms with Crippen LogP contribution in [0.5, 0.6) is 0 Å². The van der Waals surface area contributed by atoms with Gasteiger partial charge in [-0.1, -0.05) is 0 Å². The summed E-state index contributed by atoms with van der Waals surface area (Å²) < 4.78 is 8.90. The van der Waals surface area contributed by atoms with Gasteiger partial charge in [-0.3, -0.25) is 19.2 Å². The molecule has 0 bridgehead atoms. The van der Waals surface area contributed by atoms with Crippen LogP contribution in [-0.2, 0) is 28.7 Å². The van der Waals surface area contributed by atoms with E-state index in [4.69, 9.17) is 0 Å². The fourth-order valence-corrected chi connectivity index (χ4v) is 1.03. The van der Waals surface area contributed by atoms with Crippen LogP contribution in [0.2, 0.25) is 0 Å². The molecule has 6 heteroatoms. The zero-order chi connectivity index (χ0) is 13.3. The summed E-state index contributed by atoms with van der Waals surface area (Å²) in [6.07, 6.45) is -0.163. The van der Waals surface area contributed by atoms with Crippen molar-refractivity contribution in [2.45, 2.75) is 32.6 Å². The Morgan fingerprint density at radius 3 is 2.06 bits per heavy atom. The van der Waals surface area contributed by atoms with Gasteiger partial charge in [-0.05, 0) is 0 Å². The summed E-state index contributed by atoms with van der Waals surface area (Å²) in [5.74, 6) is -1.57. The minimum absolute atomic E-state index is 0.00794. The number of carbonyl (C=O) groups is 4. The average Bonchev–Trinajstić information content (AvgIpc) is 2.25. The number of ether oxygens (including phenoxy) is 2. The first-order chi connectivity index (χ1) is 7.95. The van der Waals surface area contributed by atoms with Crippen LogP contribution in [0.3, 0.4) is 0 Å². The molecule has 6 nitrogen and oxygen atoms in total. The predicted octanol–water partition coefficient (Wildman–Crippen LogP) is 0.421. The summed E-state index contributed by atoms with van der Waals surface area (Å²) in [5.41, 5.74) is 0. The smallest absolute Gasteiger partial charge is 0.313 e. The molecular formula is C11H16O6. The molecule has 0 rings (SSSR count). The van der Waals surface area contributed by atoms with Gasteiger partial charge < -0.3 is 9.47 Å². The molecule has 17 heavy (non-hydrogen) atoms. The molecule has 0 fully saturated rings. The molecule has 0 spiro atoms. The van der Waals surface area contributed by atoms with Crippen molar-refractivity contribution in [2.24, 2.45) is 0 Å². The Hall–Kier alpha value is -1.72. The van der Waals surface area contributed by atoms with Crippen LogP contribution >= 0.6 is 0 Å². The second-order valence-corrected chi connectivity index (χ2v) is 3.42. The van der Waals surface area contributed by atoms with Gasteiger partial charge >= 0.3 is 11.9 Å². The molecule has 0 aliphatic heterocycles. The molecule has 0 saturated carbocycles. The van der Waals surface area contributed by atoms with Gasteiger partial charge in [0.05, 0.1) is 13.7 Å². The first kappa shape index (κ1) is 15.3. The molecule has 0 heterocycles. The predicted molar refractivity (Wildman–Crippen MR) is 57.1 cm³/mol. The molecule has 0 aliphatic carbocycles. The van der Waals surface area contributed by atoms with Gasteiger partial charge in [-0.2, -0.15) is 0 Å². The Bertz CT molecular complexity index is 307. The minimum Gasteiger partial charge on any atom is -0.469 e. The third-order valence-corrected chi connectivity index (χ3v) is 1.94. The number of esters is 2. The molecule has 0 unspecified atom stereocenters. The van der Waals surface area contributed by atoms with Gasteiger partial charge in [-0.15, -0.1) is 0 Å². The molecule has 0 N–H and O–H groups in total. The van der Waals surface area contributed by atoms with Crippen LogP contribution in [-0.4, -0.2) is 37.2 Å². The van der Waals surface area contributed by atoms with Crippen molar-refractivity contribution in [2.75, 3.05) is 13.7 Å². The Labute approximate surface area is 99.3 Å². The van der Waals surface area contributed by atoms with Gasteiger partial charge in [0.1, 0.15) is 18.0 Å². The number of carbonyl (C=O) groups excluding carboxylic acids is 4. The lowest BCUT2D eigenvalue weighted by Gasteiger charge is -2.01. The first-order valence-electron chi connectivity index (χ1n) is 5.19. The Balaban J connectivity index is 3.66. The number of rotatable bonds is 8. The van der Waals surface area contributed by atoms with Crippen molar-refractivity contribution < 1.29 is 28.7 Å². The molecule has 0 amide bonds. The van der Waals surface area contributed by atoms with Crippen molar-refractivity contribution in [1.82, 2.24) is 0 Å². The third kappa shape index (κ3) is 9.22. The molecule has 0 aromatic carbocycles. The number of hydrogen-bond donors (Lipinski definition) is 0. The van der Waals surface area contributed by atoms with Crippen molar-refractivity contribution in [3.63, 3.8) is 0 Å². The molecule has 0 aromatic heterocycles. The largest absolute Gasteiger partial charge is 0.469 e. The maximum absolute atomic E-state index is 11.2. The van der Waals surface area contributed by atoms with E-state index in [0.717, 1.165) is 0 Å². The third-order valence-electron chi connectivity index (χ3n) is 1.94. The van der Waals surface area contributed by atoms with Gasteiger partial charge in [0.15, 0.2) is 0 Å². The zero-order valence-corrected chi connectivity index (χ0v) is 9.99. The Morgan fingerprint density at radius 1 is 0.941 bits per heavy atom. The van der Waals surface area contributed by atoms with E-state index in [1.165, 1.54) is 14.0 Å². The van der Waals surface area contributed by atoms with Crippen LogP contribution in [0.1, 0.15) is 32.6 Å². The van der Waals surface area contributed by atoms with Crippen LogP contribution in [0.25, 0.3) is 0 Å². The first-order valence-corrected chi connectivity index (χ1v) is 5.19. The quantitative estimate of drug-likeness (QED) is 0.454. The minimum atomic E-state index is -0.609. The van der Waals surface area contributed by atoms with E-state index in [1.54, 1.807) is 0 Å². The Kier molecular flexibility index (Phi) is 7.58. The second-order valence-electron chi connectivity index (χ2n) is 3.42. The molecule has 0 atom stereocenters. The van der Waals surface area contributed by atoms with E-state index in [-0.39, 0.29) is 43.9 Å². The van der Waals surface area contributed by atoms with Crippen molar-refractivity contribution in [3.05, 3.63) is 0 Å². The second kappa shape index (κ2) is 8.43. The van der Waals surface area contributed by atoms with Crippen LogP contribution in [0, 0.1) is 0 Å². The van der Waals surface area contributed by atoms with Gasteiger partial charge in [0.2, 0.25) is 0 Å². The van der Waals surface area contributed by atoms with Gasteiger partial charge in [0, 0.05) is 26.2 Å². The molecule has 0 saturated heterocycles. The lowest BCUT2D eigenvalue weighted by molar-refractivity contribution is -0.144. The molecule has 96 valence electrons. The van der Waals surface area contributed by atoms with Crippen LogP contribution in [0.4, 0.5) is 0 Å². The molecular weight excluding hydrogens is 228 g/mol. The molecule has 0 radical (unpaired) electrons. The van der Waals surface area contributed by atoms with E-state index < -0.39 is 11.9 Å². The lowest BCUT2D eigenvalue weighted by Crippen LogP contribution is -2.12. The number of hydrogen-bond acceptors (Lipinski definition) is 6. The summed E-state index contributed by atoms with van der Waals surface area (Å²) in [6.45, 7) is 1.28. The van der Waals surface area contributed by atoms with Gasteiger partial charge in [0.25, 0.3) is 0 Å². The highest BCUT2D eigenvalue weighted by atomic mass is 16.5. The summed E-state index contributed by atoms with van der Waals surface area (Å²) >= 11 is 0. The highest BCUT2D eigenvalue weighted by Gasteiger charge is 2.11. The van der Waals surface area contributed by atoms with Crippen molar-refractivity contribution >= 4 is 23.5 Å². The standard InChI is InChI=1S/C11H16O6/c1-8(12)17-6-5-9(13)3-4-10(14)7-11(15)16-2/h3-7H2,1-2H3. The maximum Gasteiger partial charge on any atom is 0.313 e. The van der Waals surface area contributed by atoms with E-state index in [9.17, 15) is 19.2 Å². The van der Waals surface area contributed by atoms with E-state index in [2.05, 4.69) is 9.47 Å². The van der Waals surface area contributed by atoms with Crippen molar-refractivity contribution in [1.29, 1.82) is 0 Å². The van der Waals surface area contributed by atoms with E-state index in [0.29, 0.717) is 0 Å². The lowest BCUT2D eigenvalue weighted by atomic mass is 10.1. The fraction of sp³-hybridized carbons (Fsp3) is 0.636. The number of Topliss-reactive ketones (excluding diaryl/α,β-unsaturated/α-hetero) is 2. The molecule has 0 aliphatic rings.